The van der Waals surface area contributed by atoms with Gasteiger partial charge in [0.2, 0.25) is 5.91 Å². The minimum absolute atomic E-state index is 0.0701. The molecule has 15 heavy (non-hydrogen) atoms. The first-order valence-corrected chi connectivity index (χ1v) is 6.09. The smallest absolute Gasteiger partial charge is 0.229 e. The van der Waals surface area contributed by atoms with Gasteiger partial charge >= 0.3 is 0 Å². The van der Waals surface area contributed by atoms with Gasteiger partial charge in [-0.05, 0) is 0 Å². The van der Waals surface area contributed by atoms with Gasteiger partial charge < -0.3 is 10.1 Å². The fourth-order valence-electron chi connectivity index (χ4n) is 1.38. The highest BCUT2D eigenvalue weighted by molar-refractivity contribution is 8.14. The molecule has 2 rings (SSSR count). The molecule has 2 aliphatic rings. The minimum atomic E-state index is 0.0701. The molecule has 1 unspecified atom stereocenters. The van der Waals surface area contributed by atoms with Crippen molar-refractivity contribution in [1.29, 1.82) is 0 Å². The number of thioether (sulfide) groups is 1. The van der Waals surface area contributed by atoms with Crippen LogP contribution in [-0.2, 0) is 9.53 Å². The van der Waals surface area contributed by atoms with Gasteiger partial charge in [0.15, 0.2) is 5.17 Å². The number of hydrogen-bond donors (Lipinski definition) is 1. The molecule has 0 aromatic rings. The zero-order chi connectivity index (χ0) is 10.7. The third kappa shape index (κ3) is 2.85. The summed E-state index contributed by atoms with van der Waals surface area (Å²) in [5.41, 5.74) is 0. The van der Waals surface area contributed by atoms with Crippen LogP contribution in [0.25, 0.3) is 0 Å². The van der Waals surface area contributed by atoms with E-state index < -0.39 is 0 Å². The Morgan fingerprint density at radius 3 is 2.93 bits per heavy atom. The third-order valence-electron chi connectivity index (χ3n) is 2.37. The Balaban J connectivity index is 1.92. The van der Waals surface area contributed by atoms with Crippen LogP contribution in [0.4, 0.5) is 0 Å². The van der Waals surface area contributed by atoms with Gasteiger partial charge in [-0.2, -0.15) is 5.10 Å². The number of nitrogens with zero attached hydrogens (tertiary/aromatic N) is 2. The number of morpholine rings is 1. The molecule has 1 amide bonds. The molecular formula is C9H15N3O2S. The Hall–Kier alpha value is -0.750. The Kier molecular flexibility index (Phi) is 3.48. The van der Waals surface area contributed by atoms with E-state index in [-0.39, 0.29) is 11.8 Å². The van der Waals surface area contributed by atoms with Gasteiger partial charge in [-0.1, -0.05) is 18.7 Å². The lowest BCUT2D eigenvalue weighted by molar-refractivity contribution is -0.122. The number of nitrogens with one attached hydrogen (secondary N) is 1. The monoisotopic (exact) mass is 229 g/mol. The van der Waals surface area contributed by atoms with E-state index >= 15 is 0 Å². The molecule has 84 valence electrons. The fraction of sp³-hybridized carbons (Fsp3) is 0.778. The van der Waals surface area contributed by atoms with Gasteiger partial charge in [0.05, 0.1) is 26.3 Å². The van der Waals surface area contributed by atoms with Gasteiger partial charge in [0, 0.05) is 11.7 Å². The van der Waals surface area contributed by atoms with Crippen LogP contribution in [0.5, 0.6) is 0 Å². The second kappa shape index (κ2) is 4.85. The summed E-state index contributed by atoms with van der Waals surface area (Å²) in [5, 5.41) is 9.85. The number of amidine groups is 1. The first-order chi connectivity index (χ1) is 7.25. The highest BCUT2D eigenvalue weighted by atomic mass is 32.2. The predicted molar refractivity (Wildman–Crippen MR) is 59.6 cm³/mol. The molecule has 2 heterocycles. The Labute approximate surface area is 93.2 Å². The van der Waals surface area contributed by atoms with E-state index in [9.17, 15) is 4.79 Å². The topological polar surface area (TPSA) is 53.9 Å². The van der Waals surface area contributed by atoms with Crippen molar-refractivity contribution in [3.8, 4) is 0 Å². The number of carbonyl (C=O) groups excluding carboxylic acids is 1. The zero-order valence-corrected chi connectivity index (χ0v) is 9.55. The van der Waals surface area contributed by atoms with E-state index in [1.165, 1.54) is 0 Å². The molecule has 0 aliphatic carbocycles. The van der Waals surface area contributed by atoms with Gasteiger partial charge in [-0.3, -0.25) is 9.80 Å². The first kappa shape index (κ1) is 10.8. The molecule has 6 heteroatoms. The van der Waals surface area contributed by atoms with Gasteiger partial charge in [-0.25, -0.2) is 0 Å². The number of hydrazone groups is 1. The molecule has 0 bridgehead atoms. The Bertz CT molecular complexity index is 277. The van der Waals surface area contributed by atoms with Crippen LogP contribution in [0.3, 0.4) is 0 Å². The first-order valence-electron chi connectivity index (χ1n) is 5.10. The molecule has 1 atom stereocenters. The largest absolute Gasteiger partial charge is 0.378 e. The zero-order valence-electron chi connectivity index (χ0n) is 8.73. The maximum atomic E-state index is 11.4. The van der Waals surface area contributed by atoms with E-state index in [0.717, 1.165) is 24.0 Å². The van der Waals surface area contributed by atoms with E-state index in [1.54, 1.807) is 11.8 Å². The summed E-state index contributed by atoms with van der Waals surface area (Å²) >= 11 is 1.60. The minimum Gasteiger partial charge on any atom is -0.378 e. The van der Waals surface area contributed by atoms with Crippen LogP contribution < -0.4 is 5.32 Å². The van der Waals surface area contributed by atoms with Gasteiger partial charge in [0.25, 0.3) is 0 Å². The molecule has 2 saturated heterocycles. The molecule has 0 aromatic carbocycles. The van der Waals surface area contributed by atoms with Crippen LogP contribution >= 0.6 is 11.8 Å². The van der Waals surface area contributed by atoms with E-state index in [2.05, 4.69) is 10.4 Å². The SMILES string of the molecule is CC1CS/C(=N\N2CCOCC2)NC1=O. The maximum Gasteiger partial charge on any atom is 0.229 e. The van der Waals surface area contributed by atoms with Gasteiger partial charge in [0.1, 0.15) is 0 Å². The van der Waals surface area contributed by atoms with E-state index in [1.807, 2.05) is 11.9 Å². The predicted octanol–water partition coefficient (Wildman–Crippen LogP) is 0.0887. The van der Waals surface area contributed by atoms with Crippen LogP contribution in [0, 0.1) is 5.92 Å². The van der Waals surface area contributed by atoms with Crippen LogP contribution in [0.1, 0.15) is 6.92 Å². The number of rotatable bonds is 1. The highest BCUT2D eigenvalue weighted by Crippen LogP contribution is 2.16. The molecule has 0 radical (unpaired) electrons. The van der Waals surface area contributed by atoms with Crippen molar-refractivity contribution in [3.63, 3.8) is 0 Å². The third-order valence-corrected chi connectivity index (χ3v) is 3.49. The summed E-state index contributed by atoms with van der Waals surface area (Å²) in [6, 6.07) is 0. The quantitative estimate of drug-likeness (QED) is 0.692. The second-order valence-corrected chi connectivity index (χ2v) is 4.68. The summed E-state index contributed by atoms with van der Waals surface area (Å²) in [4.78, 5) is 11.4. The van der Waals surface area contributed by atoms with E-state index in [4.69, 9.17) is 4.74 Å². The van der Waals surface area contributed by atoms with Crippen molar-refractivity contribution in [3.05, 3.63) is 0 Å². The summed E-state index contributed by atoms with van der Waals surface area (Å²) in [7, 11) is 0. The lowest BCUT2D eigenvalue weighted by Crippen LogP contribution is -2.41. The van der Waals surface area contributed by atoms with Crippen molar-refractivity contribution in [1.82, 2.24) is 10.3 Å². The molecule has 2 fully saturated rings. The van der Waals surface area contributed by atoms with Crippen molar-refractivity contribution in [2.24, 2.45) is 11.0 Å². The maximum absolute atomic E-state index is 11.4. The van der Waals surface area contributed by atoms with Crippen molar-refractivity contribution in [2.75, 3.05) is 32.1 Å². The number of ether oxygens (including phenoxy) is 1. The van der Waals surface area contributed by atoms with E-state index in [0.29, 0.717) is 13.2 Å². The van der Waals surface area contributed by atoms with Crippen LogP contribution in [-0.4, -0.2) is 48.1 Å². The molecule has 0 spiro atoms. The Morgan fingerprint density at radius 2 is 2.27 bits per heavy atom. The summed E-state index contributed by atoms with van der Waals surface area (Å²) in [6.45, 7) is 4.95. The molecule has 5 nitrogen and oxygen atoms in total. The lowest BCUT2D eigenvalue weighted by Gasteiger charge is -2.26. The molecule has 0 saturated carbocycles. The summed E-state index contributed by atoms with van der Waals surface area (Å²) in [5.74, 6) is 0.967. The van der Waals surface area contributed by atoms with Crippen molar-refractivity contribution < 1.29 is 9.53 Å². The number of hydrogen-bond acceptors (Lipinski definition) is 5. The lowest BCUT2D eigenvalue weighted by atomic mass is 10.2. The average molecular weight is 229 g/mol. The molecule has 1 N–H and O–H groups in total. The average Bonchev–Trinajstić information content (AvgIpc) is 2.25. The standard InChI is InChI=1S/C9H15N3O2S/c1-7-6-15-9(10-8(7)13)11-12-2-4-14-5-3-12/h7H,2-6H2,1H3,(H,10,11,13). The number of amides is 1. The normalized spacial score (nSPS) is 30.5. The summed E-state index contributed by atoms with van der Waals surface area (Å²) < 4.78 is 5.22. The molecule has 0 aromatic heterocycles. The summed E-state index contributed by atoms with van der Waals surface area (Å²) in [6.07, 6.45) is 0. The van der Waals surface area contributed by atoms with Crippen molar-refractivity contribution in [2.45, 2.75) is 6.92 Å². The van der Waals surface area contributed by atoms with Crippen LogP contribution in [0.15, 0.2) is 5.10 Å². The van der Waals surface area contributed by atoms with Crippen molar-refractivity contribution >= 4 is 22.8 Å². The highest BCUT2D eigenvalue weighted by Gasteiger charge is 2.22. The molecular weight excluding hydrogens is 214 g/mol. The fourth-order valence-corrected chi connectivity index (χ4v) is 2.29. The van der Waals surface area contributed by atoms with Crippen LogP contribution in [0.2, 0.25) is 0 Å². The number of carbonyl (C=O) groups is 1. The second-order valence-electron chi connectivity index (χ2n) is 3.67. The van der Waals surface area contributed by atoms with Gasteiger partial charge in [-0.15, -0.1) is 0 Å². The Morgan fingerprint density at radius 1 is 1.53 bits per heavy atom. The molecule has 2 aliphatic heterocycles.